The van der Waals surface area contributed by atoms with Crippen LogP contribution in [0.25, 0.3) is 11.3 Å². The van der Waals surface area contributed by atoms with E-state index in [0.717, 1.165) is 16.8 Å². The lowest BCUT2D eigenvalue weighted by molar-refractivity contribution is 0.0744. The summed E-state index contributed by atoms with van der Waals surface area (Å²) < 4.78 is 10.7. The van der Waals surface area contributed by atoms with Crippen LogP contribution in [-0.4, -0.2) is 45.2 Å². The van der Waals surface area contributed by atoms with Gasteiger partial charge in [-0.1, -0.05) is 0 Å². The first-order chi connectivity index (χ1) is 12.7. The van der Waals surface area contributed by atoms with E-state index >= 15 is 0 Å². The second-order valence-electron chi connectivity index (χ2n) is 5.89. The van der Waals surface area contributed by atoms with Gasteiger partial charge in [-0.2, -0.15) is 5.10 Å². The fourth-order valence-corrected chi connectivity index (χ4v) is 3.00. The molecule has 0 bridgehead atoms. The lowest BCUT2D eigenvalue weighted by Crippen LogP contribution is -2.25. The number of amides is 1. The van der Waals surface area contributed by atoms with Gasteiger partial charge in [-0.3, -0.25) is 9.89 Å². The number of ether oxygens (including phenoxy) is 2. The summed E-state index contributed by atoms with van der Waals surface area (Å²) in [5, 5.41) is 7.10. The molecular formula is C18H17N5O3. The van der Waals surface area contributed by atoms with Gasteiger partial charge in [-0.05, 0) is 24.3 Å². The topological polar surface area (TPSA) is 93.2 Å². The van der Waals surface area contributed by atoms with E-state index in [0.29, 0.717) is 36.0 Å². The van der Waals surface area contributed by atoms with Crippen LogP contribution in [0.4, 0.5) is 0 Å². The summed E-state index contributed by atoms with van der Waals surface area (Å²) in [7, 11) is 3.19. The maximum absolute atomic E-state index is 12.8. The Bertz CT molecular complexity index is 944. The SMILES string of the molecule is COc1ccc(OC)c(-c2cc(C(=O)N3Cc4cncnc4C3)[nH]n2)c1. The number of aromatic nitrogens is 4. The summed E-state index contributed by atoms with van der Waals surface area (Å²) in [5.74, 6) is 1.20. The Morgan fingerprint density at radius 2 is 2.08 bits per heavy atom. The van der Waals surface area contributed by atoms with Gasteiger partial charge in [0, 0.05) is 23.9 Å². The summed E-state index contributed by atoms with van der Waals surface area (Å²) in [6.45, 7) is 0.958. The molecule has 4 rings (SSSR count). The molecule has 8 heteroatoms. The van der Waals surface area contributed by atoms with Crippen molar-refractivity contribution in [3.05, 3.63) is 53.7 Å². The molecule has 3 heterocycles. The number of carbonyl (C=O) groups excluding carboxylic acids is 1. The molecule has 26 heavy (non-hydrogen) atoms. The summed E-state index contributed by atoms with van der Waals surface area (Å²) in [5.41, 5.74) is 3.61. The number of methoxy groups -OCH3 is 2. The standard InChI is InChI=1S/C18H17N5O3/c1-25-12-3-4-17(26-2)13(5-12)14-6-15(22-21-14)18(24)23-8-11-7-19-10-20-16(11)9-23/h3-7,10H,8-9H2,1-2H3,(H,21,22). The van der Waals surface area contributed by atoms with Gasteiger partial charge in [0.1, 0.15) is 23.5 Å². The molecule has 1 aromatic carbocycles. The molecule has 0 unspecified atom stereocenters. The van der Waals surface area contributed by atoms with Crippen LogP contribution >= 0.6 is 0 Å². The van der Waals surface area contributed by atoms with Crippen LogP contribution in [-0.2, 0) is 13.1 Å². The van der Waals surface area contributed by atoms with E-state index in [1.807, 2.05) is 12.1 Å². The average molecular weight is 351 g/mol. The molecule has 1 aliphatic rings. The Labute approximate surface area is 149 Å². The van der Waals surface area contributed by atoms with Crippen LogP contribution < -0.4 is 9.47 Å². The quantitative estimate of drug-likeness (QED) is 0.773. The van der Waals surface area contributed by atoms with Gasteiger partial charge in [-0.15, -0.1) is 0 Å². The predicted molar refractivity (Wildman–Crippen MR) is 92.7 cm³/mol. The fraction of sp³-hybridized carbons (Fsp3) is 0.222. The first-order valence-corrected chi connectivity index (χ1v) is 8.04. The minimum absolute atomic E-state index is 0.136. The van der Waals surface area contributed by atoms with Crippen LogP contribution in [0.3, 0.4) is 0 Å². The molecule has 8 nitrogen and oxygen atoms in total. The Morgan fingerprint density at radius 1 is 1.19 bits per heavy atom. The number of nitrogens with zero attached hydrogens (tertiary/aromatic N) is 4. The summed E-state index contributed by atoms with van der Waals surface area (Å²) in [4.78, 5) is 22.7. The van der Waals surface area contributed by atoms with Gasteiger partial charge in [0.2, 0.25) is 0 Å². The molecule has 0 saturated heterocycles. The van der Waals surface area contributed by atoms with Crippen molar-refractivity contribution in [3.63, 3.8) is 0 Å². The number of fused-ring (bicyclic) bond motifs is 1. The Balaban J connectivity index is 1.60. The number of benzene rings is 1. The average Bonchev–Trinajstić information content (AvgIpc) is 3.34. The van der Waals surface area contributed by atoms with E-state index in [1.54, 1.807) is 37.4 Å². The van der Waals surface area contributed by atoms with Crippen LogP contribution in [0.1, 0.15) is 21.7 Å². The smallest absolute Gasteiger partial charge is 0.272 e. The minimum Gasteiger partial charge on any atom is -0.497 e. The molecule has 0 spiro atoms. The Morgan fingerprint density at radius 3 is 2.85 bits per heavy atom. The highest BCUT2D eigenvalue weighted by molar-refractivity contribution is 5.94. The highest BCUT2D eigenvalue weighted by Gasteiger charge is 2.27. The molecule has 3 aromatic rings. The Hall–Kier alpha value is -3.42. The van der Waals surface area contributed by atoms with Crippen molar-refractivity contribution in [3.8, 4) is 22.8 Å². The van der Waals surface area contributed by atoms with E-state index < -0.39 is 0 Å². The molecule has 0 radical (unpaired) electrons. The predicted octanol–water partition coefficient (Wildman–Crippen LogP) is 2.04. The monoisotopic (exact) mass is 351 g/mol. The van der Waals surface area contributed by atoms with Gasteiger partial charge in [0.05, 0.1) is 32.2 Å². The minimum atomic E-state index is -0.136. The Kier molecular flexibility index (Phi) is 4.00. The van der Waals surface area contributed by atoms with Crippen molar-refractivity contribution in [2.75, 3.05) is 14.2 Å². The number of rotatable bonds is 4. The van der Waals surface area contributed by atoms with E-state index in [-0.39, 0.29) is 5.91 Å². The molecule has 0 atom stereocenters. The molecule has 1 amide bonds. The first-order valence-electron chi connectivity index (χ1n) is 8.04. The maximum Gasteiger partial charge on any atom is 0.272 e. The third-order valence-electron chi connectivity index (χ3n) is 4.36. The molecule has 0 aliphatic carbocycles. The summed E-state index contributed by atoms with van der Waals surface area (Å²) in [6.07, 6.45) is 3.24. The van der Waals surface area contributed by atoms with Crippen molar-refractivity contribution in [1.82, 2.24) is 25.1 Å². The number of aromatic amines is 1. The maximum atomic E-state index is 12.8. The number of hydrogen-bond donors (Lipinski definition) is 1. The van der Waals surface area contributed by atoms with Gasteiger partial charge < -0.3 is 14.4 Å². The van der Waals surface area contributed by atoms with Crippen molar-refractivity contribution in [2.24, 2.45) is 0 Å². The van der Waals surface area contributed by atoms with Crippen LogP contribution in [0.15, 0.2) is 36.8 Å². The fourth-order valence-electron chi connectivity index (χ4n) is 3.00. The van der Waals surface area contributed by atoms with E-state index in [4.69, 9.17) is 9.47 Å². The molecule has 132 valence electrons. The lowest BCUT2D eigenvalue weighted by atomic mass is 10.1. The zero-order valence-electron chi connectivity index (χ0n) is 14.4. The molecule has 1 N–H and O–H groups in total. The van der Waals surface area contributed by atoms with E-state index in [2.05, 4.69) is 20.2 Å². The molecule has 2 aromatic heterocycles. The van der Waals surface area contributed by atoms with Gasteiger partial charge >= 0.3 is 0 Å². The molecule has 0 fully saturated rings. The third-order valence-corrected chi connectivity index (χ3v) is 4.36. The molecule has 1 aliphatic heterocycles. The van der Waals surface area contributed by atoms with Crippen LogP contribution in [0.2, 0.25) is 0 Å². The van der Waals surface area contributed by atoms with Crippen molar-refractivity contribution in [2.45, 2.75) is 13.1 Å². The van der Waals surface area contributed by atoms with Gasteiger partial charge in [0.15, 0.2) is 0 Å². The zero-order valence-corrected chi connectivity index (χ0v) is 14.4. The molecule has 0 saturated carbocycles. The largest absolute Gasteiger partial charge is 0.497 e. The number of nitrogens with one attached hydrogen (secondary N) is 1. The van der Waals surface area contributed by atoms with E-state index in [9.17, 15) is 4.79 Å². The summed E-state index contributed by atoms with van der Waals surface area (Å²) >= 11 is 0. The van der Waals surface area contributed by atoms with Crippen molar-refractivity contribution < 1.29 is 14.3 Å². The third kappa shape index (κ3) is 2.75. The van der Waals surface area contributed by atoms with Crippen molar-refractivity contribution in [1.29, 1.82) is 0 Å². The second kappa shape index (κ2) is 6.47. The molecular weight excluding hydrogens is 334 g/mol. The van der Waals surface area contributed by atoms with Crippen molar-refractivity contribution >= 4 is 5.91 Å². The van der Waals surface area contributed by atoms with Crippen LogP contribution in [0.5, 0.6) is 11.5 Å². The number of hydrogen-bond acceptors (Lipinski definition) is 6. The second-order valence-corrected chi connectivity index (χ2v) is 5.89. The highest BCUT2D eigenvalue weighted by Crippen LogP contribution is 2.33. The number of H-pyrrole nitrogens is 1. The first kappa shape index (κ1) is 16.1. The lowest BCUT2D eigenvalue weighted by Gasteiger charge is -2.13. The van der Waals surface area contributed by atoms with Gasteiger partial charge in [-0.25, -0.2) is 9.97 Å². The normalized spacial score (nSPS) is 12.8. The summed E-state index contributed by atoms with van der Waals surface area (Å²) in [6, 6.07) is 7.16. The van der Waals surface area contributed by atoms with E-state index in [1.165, 1.54) is 6.33 Å². The van der Waals surface area contributed by atoms with Gasteiger partial charge in [0.25, 0.3) is 5.91 Å². The zero-order chi connectivity index (χ0) is 18.1. The highest BCUT2D eigenvalue weighted by atomic mass is 16.5. The van der Waals surface area contributed by atoms with Crippen LogP contribution in [0, 0.1) is 0 Å². The number of carbonyl (C=O) groups is 1.